The van der Waals surface area contributed by atoms with Gasteiger partial charge < -0.3 is 0 Å². The van der Waals surface area contributed by atoms with Crippen LogP contribution >= 0.6 is 0 Å². The molecular weight excluding hydrogens is 260 g/mol. The van der Waals surface area contributed by atoms with Gasteiger partial charge in [-0.05, 0) is 38.0 Å². The van der Waals surface area contributed by atoms with Crippen LogP contribution in [-0.4, -0.2) is 18.4 Å². The minimum absolute atomic E-state index is 0.0669. The van der Waals surface area contributed by atoms with Crippen LogP contribution in [0.4, 0.5) is 0 Å². The lowest BCUT2D eigenvalue weighted by molar-refractivity contribution is 0.584. The highest BCUT2D eigenvalue weighted by Gasteiger charge is 2.20. The molecule has 0 unspecified atom stereocenters. The largest absolute Gasteiger partial charge is 0.247 e. The van der Waals surface area contributed by atoms with E-state index in [0.29, 0.717) is 11.4 Å². The lowest BCUT2D eigenvalue weighted by atomic mass is 10.1. The zero-order valence-electron chi connectivity index (χ0n) is 11.2. The molecule has 0 aliphatic heterocycles. The van der Waals surface area contributed by atoms with E-state index >= 15 is 0 Å². The van der Waals surface area contributed by atoms with Gasteiger partial charge in [-0.3, -0.25) is 0 Å². The zero-order valence-corrected chi connectivity index (χ0v) is 12.0. The van der Waals surface area contributed by atoms with E-state index in [9.17, 15) is 8.42 Å². The summed E-state index contributed by atoms with van der Waals surface area (Å²) in [5.41, 5.74) is 3.06. The van der Waals surface area contributed by atoms with Gasteiger partial charge in [0.2, 0.25) is 15.0 Å². The van der Waals surface area contributed by atoms with Crippen LogP contribution in [0, 0.1) is 20.8 Å². The molecule has 0 bridgehead atoms. The fraction of sp³-hybridized carbons (Fsp3) is 0.286. The zero-order chi connectivity index (χ0) is 14.0. The molecule has 4 nitrogen and oxygen atoms in total. The van der Waals surface area contributed by atoms with Gasteiger partial charge in [-0.15, -0.1) is 0 Å². The molecule has 0 N–H and O–H groups in total. The second kappa shape index (κ2) is 5.09. The summed E-state index contributed by atoms with van der Waals surface area (Å²) in [6.07, 6.45) is 0. The second-order valence-electron chi connectivity index (χ2n) is 4.62. The topological polar surface area (TPSA) is 59.9 Å². The van der Waals surface area contributed by atoms with E-state index in [1.807, 2.05) is 31.2 Å². The summed E-state index contributed by atoms with van der Waals surface area (Å²) in [5.74, 6) is -0.0669. The van der Waals surface area contributed by atoms with Gasteiger partial charge in [0.1, 0.15) is 0 Å². The van der Waals surface area contributed by atoms with Crippen molar-refractivity contribution < 1.29 is 8.42 Å². The van der Waals surface area contributed by atoms with Crippen molar-refractivity contribution >= 4 is 9.84 Å². The maximum Gasteiger partial charge on any atom is 0.247 e. The predicted molar refractivity (Wildman–Crippen MR) is 73.6 cm³/mol. The first-order valence-corrected chi connectivity index (χ1v) is 7.63. The Hall–Kier alpha value is -1.75. The van der Waals surface area contributed by atoms with Gasteiger partial charge in [0.15, 0.2) is 0 Å². The highest BCUT2D eigenvalue weighted by molar-refractivity contribution is 7.90. The Labute approximate surface area is 113 Å². The van der Waals surface area contributed by atoms with Crippen molar-refractivity contribution in [1.29, 1.82) is 0 Å². The van der Waals surface area contributed by atoms with Crippen molar-refractivity contribution in [3.63, 3.8) is 0 Å². The summed E-state index contributed by atoms with van der Waals surface area (Å²) in [6.45, 7) is 5.43. The Kier molecular flexibility index (Phi) is 3.66. The molecule has 0 spiro atoms. The first-order chi connectivity index (χ1) is 8.88. The van der Waals surface area contributed by atoms with E-state index in [1.165, 1.54) is 0 Å². The third-order valence-corrected chi connectivity index (χ3v) is 4.28. The summed E-state index contributed by atoms with van der Waals surface area (Å²) >= 11 is 0. The minimum atomic E-state index is -3.50. The van der Waals surface area contributed by atoms with Crippen LogP contribution in [0.25, 0.3) is 0 Å². The quantitative estimate of drug-likeness (QED) is 0.808. The number of nitrogens with zero attached hydrogens (tertiary/aromatic N) is 2. The smallest absolute Gasteiger partial charge is 0.224 e. The average molecular weight is 276 g/mol. The highest BCUT2D eigenvalue weighted by atomic mass is 32.2. The van der Waals surface area contributed by atoms with Gasteiger partial charge in [0.25, 0.3) is 0 Å². The molecule has 1 aromatic carbocycles. The Morgan fingerprint density at radius 2 is 1.58 bits per heavy atom. The highest BCUT2D eigenvalue weighted by Crippen LogP contribution is 2.16. The SMILES string of the molecule is Cc1cc(C)nc(S(=O)(=O)Cc2ccccc2C)n1. The first kappa shape index (κ1) is 13.7. The number of rotatable bonds is 3. The average Bonchev–Trinajstić information content (AvgIpc) is 2.31. The van der Waals surface area contributed by atoms with Gasteiger partial charge in [-0.25, -0.2) is 18.4 Å². The molecule has 0 radical (unpaired) electrons. The first-order valence-electron chi connectivity index (χ1n) is 5.98. The molecule has 19 heavy (non-hydrogen) atoms. The molecule has 0 saturated carbocycles. The van der Waals surface area contributed by atoms with Crippen LogP contribution in [0.2, 0.25) is 0 Å². The molecule has 100 valence electrons. The maximum atomic E-state index is 12.3. The lowest BCUT2D eigenvalue weighted by Crippen LogP contribution is -2.11. The van der Waals surface area contributed by atoms with Gasteiger partial charge in [0.05, 0.1) is 5.75 Å². The summed E-state index contributed by atoms with van der Waals surface area (Å²) < 4.78 is 24.7. The minimum Gasteiger partial charge on any atom is -0.224 e. The number of sulfone groups is 1. The molecular formula is C14H16N2O2S. The number of aryl methyl sites for hydroxylation is 3. The van der Waals surface area contributed by atoms with Crippen molar-refractivity contribution in [1.82, 2.24) is 9.97 Å². The normalized spacial score (nSPS) is 11.5. The van der Waals surface area contributed by atoms with E-state index in [4.69, 9.17) is 0 Å². The van der Waals surface area contributed by atoms with Crippen molar-refractivity contribution in [3.05, 3.63) is 52.8 Å². The van der Waals surface area contributed by atoms with E-state index < -0.39 is 9.84 Å². The van der Waals surface area contributed by atoms with E-state index in [-0.39, 0.29) is 10.9 Å². The van der Waals surface area contributed by atoms with E-state index in [0.717, 1.165) is 11.1 Å². The van der Waals surface area contributed by atoms with Crippen LogP contribution in [0.3, 0.4) is 0 Å². The fourth-order valence-electron chi connectivity index (χ4n) is 1.87. The summed E-state index contributed by atoms with van der Waals surface area (Å²) in [6, 6.07) is 9.19. The van der Waals surface area contributed by atoms with Crippen molar-refractivity contribution in [2.75, 3.05) is 0 Å². The molecule has 2 rings (SSSR count). The maximum absolute atomic E-state index is 12.3. The standard InChI is InChI=1S/C14H16N2O2S/c1-10-6-4-5-7-13(10)9-19(17,18)14-15-11(2)8-12(3)16-14/h4-8H,9H2,1-3H3. The lowest BCUT2D eigenvalue weighted by Gasteiger charge is -2.07. The molecule has 0 amide bonds. The molecule has 2 aromatic rings. The number of hydrogen-bond donors (Lipinski definition) is 0. The third-order valence-electron chi connectivity index (χ3n) is 2.85. The van der Waals surface area contributed by atoms with Gasteiger partial charge in [-0.2, -0.15) is 0 Å². The van der Waals surface area contributed by atoms with Crippen LogP contribution < -0.4 is 0 Å². The molecule has 1 heterocycles. The van der Waals surface area contributed by atoms with Crippen LogP contribution in [0.15, 0.2) is 35.5 Å². The van der Waals surface area contributed by atoms with E-state index in [2.05, 4.69) is 9.97 Å². The van der Waals surface area contributed by atoms with Crippen LogP contribution in [0.5, 0.6) is 0 Å². The number of aromatic nitrogens is 2. The van der Waals surface area contributed by atoms with Gasteiger partial charge in [-0.1, -0.05) is 24.3 Å². The Morgan fingerprint density at radius 3 is 2.16 bits per heavy atom. The van der Waals surface area contributed by atoms with Crippen molar-refractivity contribution in [2.45, 2.75) is 31.7 Å². The molecule has 0 saturated heterocycles. The Bertz CT molecular complexity index is 689. The fourth-order valence-corrected chi connectivity index (χ4v) is 3.30. The van der Waals surface area contributed by atoms with Gasteiger partial charge >= 0.3 is 0 Å². The number of hydrogen-bond acceptors (Lipinski definition) is 4. The molecule has 0 aliphatic rings. The monoisotopic (exact) mass is 276 g/mol. The summed E-state index contributed by atoms with van der Waals surface area (Å²) in [5, 5.41) is -0.0896. The summed E-state index contributed by atoms with van der Waals surface area (Å²) in [4.78, 5) is 8.06. The van der Waals surface area contributed by atoms with Crippen LogP contribution in [0.1, 0.15) is 22.5 Å². The van der Waals surface area contributed by atoms with E-state index in [1.54, 1.807) is 19.9 Å². The summed E-state index contributed by atoms with van der Waals surface area (Å²) in [7, 11) is -3.50. The van der Waals surface area contributed by atoms with Gasteiger partial charge in [0, 0.05) is 11.4 Å². The Balaban J connectivity index is 2.41. The molecule has 0 atom stereocenters. The Morgan fingerprint density at radius 1 is 1.00 bits per heavy atom. The van der Waals surface area contributed by atoms with Crippen molar-refractivity contribution in [2.24, 2.45) is 0 Å². The molecule has 5 heteroatoms. The molecule has 0 aliphatic carbocycles. The number of benzene rings is 1. The third kappa shape index (κ3) is 3.17. The second-order valence-corrected chi connectivity index (χ2v) is 6.50. The molecule has 0 fully saturated rings. The predicted octanol–water partition coefficient (Wildman–Crippen LogP) is 2.38. The van der Waals surface area contributed by atoms with Crippen LogP contribution in [-0.2, 0) is 15.6 Å². The molecule has 1 aromatic heterocycles. The van der Waals surface area contributed by atoms with Crippen molar-refractivity contribution in [3.8, 4) is 0 Å².